The SMILES string of the molecule is CCCc1c(OC)ccc(C(C)=O)c1Br. The quantitative estimate of drug-likeness (QED) is 0.782. The number of methoxy groups -OCH3 is 1. The zero-order chi connectivity index (χ0) is 11.4. The maximum Gasteiger partial charge on any atom is 0.160 e. The molecule has 1 aromatic rings. The molecule has 82 valence electrons. The number of ether oxygens (including phenoxy) is 1. The molecular weight excluding hydrogens is 256 g/mol. The van der Waals surface area contributed by atoms with Crippen LogP contribution in [0, 0.1) is 0 Å². The van der Waals surface area contributed by atoms with E-state index in [1.807, 2.05) is 6.07 Å². The van der Waals surface area contributed by atoms with Crippen LogP contribution in [0.2, 0.25) is 0 Å². The molecule has 2 nitrogen and oxygen atoms in total. The van der Waals surface area contributed by atoms with Crippen molar-refractivity contribution in [2.45, 2.75) is 26.7 Å². The molecule has 15 heavy (non-hydrogen) atoms. The third-order valence-electron chi connectivity index (χ3n) is 2.30. The molecule has 0 radical (unpaired) electrons. The van der Waals surface area contributed by atoms with Crippen molar-refractivity contribution < 1.29 is 9.53 Å². The molecule has 0 spiro atoms. The van der Waals surface area contributed by atoms with Gasteiger partial charge in [0.05, 0.1) is 7.11 Å². The number of hydrogen-bond acceptors (Lipinski definition) is 2. The lowest BCUT2D eigenvalue weighted by Crippen LogP contribution is -2.00. The van der Waals surface area contributed by atoms with E-state index in [1.54, 1.807) is 20.1 Å². The molecular formula is C12H15BrO2. The fraction of sp³-hybridized carbons (Fsp3) is 0.417. The Morgan fingerprint density at radius 2 is 2.13 bits per heavy atom. The Hall–Kier alpha value is -0.830. The van der Waals surface area contributed by atoms with Crippen LogP contribution in [-0.2, 0) is 6.42 Å². The second kappa shape index (κ2) is 5.31. The van der Waals surface area contributed by atoms with Crippen LogP contribution in [0.4, 0.5) is 0 Å². The first kappa shape index (κ1) is 12.2. The second-order valence-electron chi connectivity index (χ2n) is 3.41. The number of Topliss-reactive ketones (excluding diaryl/α,β-unsaturated/α-hetero) is 1. The summed E-state index contributed by atoms with van der Waals surface area (Å²) in [6, 6.07) is 3.65. The van der Waals surface area contributed by atoms with Gasteiger partial charge in [-0.05, 0) is 41.4 Å². The number of benzene rings is 1. The van der Waals surface area contributed by atoms with Crippen LogP contribution in [0.3, 0.4) is 0 Å². The summed E-state index contributed by atoms with van der Waals surface area (Å²) in [7, 11) is 1.65. The molecule has 0 heterocycles. The topological polar surface area (TPSA) is 26.3 Å². The van der Waals surface area contributed by atoms with E-state index in [0.29, 0.717) is 0 Å². The monoisotopic (exact) mass is 270 g/mol. The fourth-order valence-electron chi connectivity index (χ4n) is 1.55. The maximum atomic E-state index is 11.4. The Labute approximate surface area is 98.8 Å². The van der Waals surface area contributed by atoms with E-state index in [0.717, 1.165) is 34.2 Å². The van der Waals surface area contributed by atoms with Crippen molar-refractivity contribution in [2.75, 3.05) is 7.11 Å². The Kier molecular flexibility index (Phi) is 4.33. The average Bonchev–Trinajstić information content (AvgIpc) is 2.20. The third kappa shape index (κ3) is 2.59. The molecule has 1 rings (SSSR count). The van der Waals surface area contributed by atoms with Crippen molar-refractivity contribution in [3.8, 4) is 5.75 Å². The molecule has 0 aliphatic carbocycles. The summed E-state index contributed by atoms with van der Waals surface area (Å²) in [6.45, 7) is 3.68. The van der Waals surface area contributed by atoms with Gasteiger partial charge in [-0.3, -0.25) is 4.79 Å². The van der Waals surface area contributed by atoms with E-state index in [2.05, 4.69) is 22.9 Å². The molecule has 0 saturated heterocycles. The van der Waals surface area contributed by atoms with Crippen LogP contribution in [0.25, 0.3) is 0 Å². The van der Waals surface area contributed by atoms with Crippen LogP contribution in [0.1, 0.15) is 36.2 Å². The van der Waals surface area contributed by atoms with Gasteiger partial charge >= 0.3 is 0 Å². The van der Waals surface area contributed by atoms with E-state index in [9.17, 15) is 4.79 Å². The standard InChI is InChI=1S/C12H15BrO2/c1-4-5-10-11(15-3)7-6-9(8(2)14)12(10)13/h6-7H,4-5H2,1-3H3. The summed E-state index contributed by atoms with van der Waals surface area (Å²) in [5, 5.41) is 0. The van der Waals surface area contributed by atoms with Gasteiger partial charge in [-0.2, -0.15) is 0 Å². The fourth-order valence-corrected chi connectivity index (χ4v) is 2.35. The molecule has 0 N–H and O–H groups in total. The molecule has 0 saturated carbocycles. The minimum Gasteiger partial charge on any atom is -0.496 e. The summed E-state index contributed by atoms with van der Waals surface area (Å²) >= 11 is 3.47. The summed E-state index contributed by atoms with van der Waals surface area (Å²) in [5.74, 6) is 0.913. The van der Waals surface area contributed by atoms with Crippen molar-refractivity contribution >= 4 is 21.7 Å². The molecule has 0 aliphatic heterocycles. The highest BCUT2D eigenvalue weighted by molar-refractivity contribution is 9.10. The van der Waals surface area contributed by atoms with Gasteiger partial charge in [0.25, 0.3) is 0 Å². The van der Waals surface area contributed by atoms with Crippen molar-refractivity contribution in [1.82, 2.24) is 0 Å². The second-order valence-corrected chi connectivity index (χ2v) is 4.21. The molecule has 0 atom stereocenters. The van der Waals surface area contributed by atoms with Crippen molar-refractivity contribution in [3.63, 3.8) is 0 Å². The van der Waals surface area contributed by atoms with Crippen LogP contribution in [0.15, 0.2) is 16.6 Å². The summed E-state index contributed by atoms with van der Waals surface area (Å²) < 4.78 is 6.14. The zero-order valence-electron chi connectivity index (χ0n) is 9.26. The van der Waals surface area contributed by atoms with Gasteiger partial charge in [0.1, 0.15) is 5.75 Å². The first-order valence-corrected chi connectivity index (χ1v) is 5.77. The number of carbonyl (C=O) groups is 1. The summed E-state index contributed by atoms with van der Waals surface area (Å²) in [4.78, 5) is 11.4. The summed E-state index contributed by atoms with van der Waals surface area (Å²) in [6.07, 6.45) is 1.93. The smallest absolute Gasteiger partial charge is 0.160 e. The van der Waals surface area contributed by atoms with Gasteiger partial charge in [0.15, 0.2) is 5.78 Å². The van der Waals surface area contributed by atoms with Crippen molar-refractivity contribution in [1.29, 1.82) is 0 Å². The number of halogens is 1. The Bertz CT molecular complexity index is 372. The number of carbonyl (C=O) groups excluding carboxylic acids is 1. The Balaban J connectivity index is 3.28. The highest BCUT2D eigenvalue weighted by Crippen LogP contribution is 2.31. The van der Waals surface area contributed by atoms with Gasteiger partial charge in [-0.15, -0.1) is 0 Å². The zero-order valence-corrected chi connectivity index (χ0v) is 10.8. The van der Waals surface area contributed by atoms with Crippen LogP contribution in [0.5, 0.6) is 5.75 Å². The van der Waals surface area contributed by atoms with Gasteiger partial charge in [0, 0.05) is 15.6 Å². The normalized spacial score (nSPS) is 10.1. The van der Waals surface area contributed by atoms with E-state index in [4.69, 9.17) is 4.74 Å². The maximum absolute atomic E-state index is 11.4. The van der Waals surface area contributed by atoms with E-state index in [1.165, 1.54) is 0 Å². The molecule has 0 aliphatic rings. The van der Waals surface area contributed by atoms with Crippen molar-refractivity contribution in [2.24, 2.45) is 0 Å². The summed E-state index contributed by atoms with van der Waals surface area (Å²) in [5.41, 5.74) is 1.80. The lowest BCUT2D eigenvalue weighted by Gasteiger charge is -2.12. The Morgan fingerprint density at radius 1 is 1.47 bits per heavy atom. The van der Waals surface area contributed by atoms with E-state index in [-0.39, 0.29) is 5.78 Å². The third-order valence-corrected chi connectivity index (χ3v) is 3.21. The van der Waals surface area contributed by atoms with Crippen molar-refractivity contribution in [3.05, 3.63) is 27.7 Å². The molecule has 0 bridgehead atoms. The highest BCUT2D eigenvalue weighted by atomic mass is 79.9. The van der Waals surface area contributed by atoms with Gasteiger partial charge in [0.2, 0.25) is 0 Å². The molecule has 0 fully saturated rings. The lowest BCUT2D eigenvalue weighted by molar-refractivity contribution is 0.101. The predicted octanol–water partition coefficient (Wildman–Crippen LogP) is 3.61. The van der Waals surface area contributed by atoms with Gasteiger partial charge < -0.3 is 4.74 Å². The first-order valence-electron chi connectivity index (χ1n) is 4.98. The molecule has 0 amide bonds. The minimum atomic E-state index is 0.0712. The van der Waals surface area contributed by atoms with E-state index >= 15 is 0 Å². The minimum absolute atomic E-state index is 0.0712. The largest absolute Gasteiger partial charge is 0.496 e. The Morgan fingerprint density at radius 3 is 2.60 bits per heavy atom. The van der Waals surface area contributed by atoms with Crippen LogP contribution in [-0.4, -0.2) is 12.9 Å². The highest BCUT2D eigenvalue weighted by Gasteiger charge is 2.13. The lowest BCUT2D eigenvalue weighted by atomic mass is 10.0. The molecule has 0 aromatic heterocycles. The average molecular weight is 271 g/mol. The van der Waals surface area contributed by atoms with Crippen LogP contribution >= 0.6 is 15.9 Å². The first-order chi connectivity index (χ1) is 7.11. The predicted molar refractivity (Wildman–Crippen MR) is 64.7 cm³/mol. The number of rotatable bonds is 4. The van der Waals surface area contributed by atoms with Gasteiger partial charge in [-0.1, -0.05) is 13.3 Å². The molecule has 3 heteroatoms. The number of hydrogen-bond donors (Lipinski definition) is 0. The molecule has 0 unspecified atom stereocenters. The van der Waals surface area contributed by atoms with E-state index < -0.39 is 0 Å². The van der Waals surface area contributed by atoms with Gasteiger partial charge in [-0.25, -0.2) is 0 Å². The van der Waals surface area contributed by atoms with Crippen LogP contribution < -0.4 is 4.74 Å². The number of ketones is 1. The molecule has 1 aromatic carbocycles.